The number of rotatable bonds is 3. The topological polar surface area (TPSA) is 48.3 Å². The Morgan fingerprint density at radius 2 is 1.87 bits per heavy atom. The standard InChI is InChI=1S/C18H23N3O2/c1-21-18(11-7-13(22-2)10-14(8-11)23-3)15-9-12-5-4-6-16(19-12)17(15)20-21/h7-8,10,12,16,19H,4-6,9H2,1-3H3. The molecule has 1 aromatic heterocycles. The first kappa shape index (κ1) is 14.6. The molecule has 3 heterocycles. The average Bonchev–Trinajstić information content (AvgIpc) is 2.91. The van der Waals surface area contributed by atoms with Crippen LogP contribution in [0.1, 0.15) is 36.6 Å². The van der Waals surface area contributed by atoms with Crippen molar-refractivity contribution < 1.29 is 9.47 Å². The molecule has 2 atom stereocenters. The van der Waals surface area contributed by atoms with Crippen LogP contribution in [0.2, 0.25) is 0 Å². The molecule has 1 fully saturated rings. The number of aryl methyl sites for hydroxylation is 1. The van der Waals surface area contributed by atoms with Crippen LogP contribution in [0.4, 0.5) is 0 Å². The van der Waals surface area contributed by atoms with Crippen LogP contribution in [0.15, 0.2) is 18.2 Å². The lowest BCUT2D eigenvalue weighted by Crippen LogP contribution is -2.42. The fraction of sp³-hybridized carbons (Fsp3) is 0.500. The Bertz CT molecular complexity index is 716. The first-order chi connectivity index (χ1) is 11.2. The summed E-state index contributed by atoms with van der Waals surface area (Å²) in [6, 6.07) is 7.03. The molecule has 1 saturated heterocycles. The quantitative estimate of drug-likeness (QED) is 0.946. The van der Waals surface area contributed by atoms with Crippen molar-refractivity contribution in [2.24, 2.45) is 7.05 Å². The smallest absolute Gasteiger partial charge is 0.123 e. The second-order valence-electron chi connectivity index (χ2n) is 6.49. The van der Waals surface area contributed by atoms with Gasteiger partial charge in [-0.1, -0.05) is 0 Å². The highest BCUT2D eigenvalue weighted by Gasteiger charge is 2.34. The number of ether oxygens (including phenoxy) is 2. The molecule has 0 aliphatic carbocycles. The number of nitrogens with zero attached hydrogens (tertiary/aromatic N) is 2. The number of fused-ring (bicyclic) bond motifs is 4. The molecule has 23 heavy (non-hydrogen) atoms. The molecule has 1 aromatic carbocycles. The number of piperidine rings is 1. The average molecular weight is 313 g/mol. The lowest BCUT2D eigenvalue weighted by Gasteiger charge is -2.35. The van der Waals surface area contributed by atoms with Gasteiger partial charge in [0, 0.05) is 30.3 Å². The SMILES string of the molecule is COc1cc(OC)cc(-c2c3c(nn2C)C2CCCC(C3)N2)c1. The normalized spacial score (nSPS) is 22.6. The van der Waals surface area contributed by atoms with E-state index in [1.807, 2.05) is 17.8 Å². The van der Waals surface area contributed by atoms with E-state index in [-0.39, 0.29) is 0 Å². The maximum absolute atomic E-state index is 5.43. The van der Waals surface area contributed by atoms with Gasteiger partial charge in [0.1, 0.15) is 11.5 Å². The predicted octanol–water partition coefficient (Wildman–Crippen LogP) is 2.84. The summed E-state index contributed by atoms with van der Waals surface area (Å²) >= 11 is 0. The minimum Gasteiger partial charge on any atom is -0.497 e. The first-order valence-corrected chi connectivity index (χ1v) is 8.25. The second kappa shape index (κ2) is 5.57. The van der Waals surface area contributed by atoms with Crippen LogP contribution < -0.4 is 14.8 Å². The third-order valence-corrected chi connectivity index (χ3v) is 5.06. The Hall–Kier alpha value is -2.01. The largest absolute Gasteiger partial charge is 0.497 e. The second-order valence-corrected chi connectivity index (χ2v) is 6.49. The Kier molecular flexibility index (Phi) is 3.53. The molecule has 1 N–H and O–H groups in total. The molecular weight excluding hydrogens is 290 g/mol. The van der Waals surface area contributed by atoms with E-state index in [0.717, 1.165) is 23.5 Å². The van der Waals surface area contributed by atoms with Crippen LogP contribution in [0.5, 0.6) is 11.5 Å². The summed E-state index contributed by atoms with van der Waals surface area (Å²) in [5, 5.41) is 8.55. The summed E-state index contributed by atoms with van der Waals surface area (Å²) in [4.78, 5) is 0. The first-order valence-electron chi connectivity index (χ1n) is 8.25. The number of nitrogens with one attached hydrogen (secondary N) is 1. The minimum absolute atomic E-state index is 0.407. The molecule has 2 aliphatic heterocycles. The zero-order chi connectivity index (χ0) is 16.0. The van der Waals surface area contributed by atoms with Gasteiger partial charge >= 0.3 is 0 Å². The minimum atomic E-state index is 0.407. The molecule has 0 amide bonds. The Morgan fingerprint density at radius 3 is 2.57 bits per heavy atom. The highest BCUT2D eigenvalue weighted by molar-refractivity contribution is 5.69. The van der Waals surface area contributed by atoms with E-state index in [1.165, 1.54) is 36.2 Å². The van der Waals surface area contributed by atoms with Crippen molar-refractivity contribution in [1.29, 1.82) is 0 Å². The van der Waals surface area contributed by atoms with Crippen LogP contribution in [0.3, 0.4) is 0 Å². The Balaban J connectivity index is 1.86. The molecule has 5 nitrogen and oxygen atoms in total. The lowest BCUT2D eigenvalue weighted by molar-refractivity contribution is 0.297. The molecule has 122 valence electrons. The van der Waals surface area contributed by atoms with E-state index in [0.29, 0.717) is 12.1 Å². The van der Waals surface area contributed by atoms with Gasteiger partial charge in [-0.15, -0.1) is 0 Å². The van der Waals surface area contributed by atoms with E-state index in [9.17, 15) is 0 Å². The summed E-state index contributed by atoms with van der Waals surface area (Å²) in [7, 11) is 5.40. The number of aromatic nitrogens is 2. The van der Waals surface area contributed by atoms with Crippen LogP contribution in [-0.4, -0.2) is 30.0 Å². The number of hydrogen-bond donors (Lipinski definition) is 1. The van der Waals surface area contributed by atoms with Crippen LogP contribution >= 0.6 is 0 Å². The summed E-state index contributed by atoms with van der Waals surface area (Å²) in [5.41, 5.74) is 4.91. The lowest BCUT2D eigenvalue weighted by atomic mass is 9.84. The molecule has 2 aromatic rings. The van der Waals surface area contributed by atoms with Crippen molar-refractivity contribution in [3.05, 3.63) is 29.5 Å². The van der Waals surface area contributed by atoms with Gasteiger partial charge in [0.25, 0.3) is 0 Å². The highest BCUT2D eigenvalue weighted by Crippen LogP contribution is 2.40. The van der Waals surface area contributed by atoms with E-state index >= 15 is 0 Å². The van der Waals surface area contributed by atoms with E-state index in [2.05, 4.69) is 17.4 Å². The number of methoxy groups -OCH3 is 2. The van der Waals surface area contributed by atoms with E-state index in [1.54, 1.807) is 14.2 Å². The molecule has 4 rings (SSSR count). The molecule has 0 radical (unpaired) electrons. The van der Waals surface area contributed by atoms with Crippen LogP contribution in [-0.2, 0) is 13.5 Å². The molecule has 0 spiro atoms. The van der Waals surface area contributed by atoms with Gasteiger partial charge in [0.05, 0.1) is 31.6 Å². The van der Waals surface area contributed by atoms with Gasteiger partial charge in [-0.25, -0.2) is 0 Å². The van der Waals surface area contributed by atoms with Crippen molar-refractivity contribution in [2.45, 2.75) is 37.8 Å². The summed E-state index contributed by atoms with van der Waals surface area (Å²) in [6.07, 6.45) is 4.78. The predicted molar refractivity (Wildman–Crippen MR) is 89.0 cm³/mol. The van der Waals surface area contributed by atoms with Gasteiger partial charge in [-0.3, -0.25) is 4.68 Å². The molecule has 2 aliphatic rings. The van der Waals surface area contributed by atoms with Gasteiger partial charge in [-0.05, 0) is 37.8 Å². The van der Waals surface area contributed by atoms with E-state index in [4.69, 9.17) is 14.6 Å². The third kappa shape index (κ3) is 2.39. The van der Waals surface area contributed by atoms with Gasteiger partial charge in [0.15, 0.2) is 0 Å². The molecule has 5 heteroatoms. The zero-order valence-corrected chi connectivity index (χ0v) is 13.9. The molecule has 0 saturated carbocycles. The van der Waals surface area contributed by atoms with Crippen molar-refractivity contribution >= 4 is 0 Å². The van der Waals surface area contributed by atoms with Gasteiger partial charge < -0.3 is 14.8 Å². The molecule has 2 unspecified atom stereocenters. The summed E-state index contributed by atoms with van der Waals surface area (Å²) < 4.78 is 12.9. The fourth-order valence-electron chi connectivity index (χ4n) is 4.02. The van der Waals surface area contributed by atoms with Crippen molar-refractivity contribution in [2.75, 3.05) is 14.2 Å². The van der Waals surface area contributed by atoms with Gasteiger partial charge in [0.2, 0.25) is 0 Å². The maximum Gasteiger partial charge on any atom is 0.123 e. The Morgan fingerprint density at radius 1 is 1.13 bits per heavy atom. The zero-order valence-electron chi connectivity index (χ0n) is 13.9. The van der Waals surface area contributed by atoms with Crippen LogP contribution in [0.25, 0.3) is 11.3 Å². The maximum atomic E-state index is 5.43. The number of benzene rings is 1. The number of hydrogen-bond acceptors (Lipinski definition) is 4. The van der Waals surface area contributed by atoms with Crippen molar-refractivity contribution in [3.63, 3.8) is 0 Å². The summed E-state index contributed by atoms with van der Waals surface area (Å²) in [6.45, 7) is 0. The van der Waals surface area contributed by atoms with Gasteiger partial charge in [-0.2, -0.15) is 5.10 Å². The van der Waals surface area contributed by atoms with Crippen LogP contribution in [0, 0.1) is 0 Å². The van der Waals surface area contributed by atoms with Crippen molar-refractivity contribution in [3.8, 4) is 22.8 Å². The van der Waals surface area contributed by atoms with E-state index < -0.39 is 0 Å². The Labute approximate surface area is 136 Å². The monoisotopic (exact) mass is 313 g/mol. The molecule has 2 bridgehead atoms. The molecular formula is C18H23N3O2. The fourth-order valence-corrected chi connectivity index (χ4v) is 4.02. The summed E-state index contributed by atoms with van der Waals surface area (Å²) in [5.74, 6) is 1.62. The highest BCUT2D eigenvalue weighted by atomic mass is 16.5. The van der Waals surface area contributed by atoms with Crippen molar-refractivity contribution in [1.82, 2.24) is 15.1 Å². The third-order valence-electron chi connectivity index (χ3n) is 5.06.